The molecular formula is C13H15BrN4. The Morgan fingerprint density at radius 1 is 1.22 bits per heavy atom. The van der Waals surface area contributed by atoms with E-state index in [9.17, 15) is 0 Å². The highest BCUT2D eigenvalue weighted by Crippen LogP contribution is 2.20. The van der Waals surface area contributed by atoms with Crippen LogP contribution in [-0.2, 0) is 0 Å². The quantitative estimate of drug-likeness (QED) is 0.942. The molecule has 0 spiro atoms. The predicted octanol–water partition coefficient (Wildman–Crippen LogP) is 2.30. The van der Waals surface area contributed by atoms with Crippen LogP contribution >= 0.6 is 15.9 Å². The van der Waals surface area contributed by atoms with Crippen molar-refractivity contribution in [3.63, 3.8) is 0 Å². The van der Waals surface area contributed by atoms with Gasteiger partial charge in [0.15, 0.2) is 0 Å². The number of rotatable bonds is 4. The van der Waals surface area contributed by atoms with E-state index in [0.29, 0.717) is 12.5 Å². The van der Waals surface area contributed by atoms with Gasteiger partial charge >= 0.3 is 0 Å². The summed E-state index contributed by atoms with van der Waals surface area (Å²) in [5.74, 6) is 0.695. The molecule has 94 valence electrons. The third kappa shape index (κ3) is 3.05. The number of halogens is 1. The molecule has 0 radical (unpaired) electrons. The molecule has 0 aliphatic rings. The van der Waals surface area contributed by atoms with E-state index in [1.54, 1.807) is 6.20 Å². The van der Waals surface area contributed by atoms with Gasteiger partial charge in [0.2, 0.25) is 5.95 Å². The molecule has 2 N–H and O–H groups in total. The smallest absolute Gasteiger partial charge is 0.225 e. The number of likely N-dealkylation sites (N-methyl/N-ethyl adjacent to an activating group) is 1. The zero-order valence-electron chi connectivity index (χ0n) is 10.2. The van der Waals surface area contributed by atoms with Crippen LogP contribution in [0.15, 0.2) is 41.0 Å². The third-order valence-corrected chi connectivity index (χ3v) is 3.12. The number of hydrogen-bond donors (Lipinski definition) is 1. The minimum atomic E-state index is 0.586. The van der Waals surface area contributed by atoms with Crippen LogP contribution in [0.4, 0.5) is 5.95 Å². The van der Waals surface area contributed by atoms with Gasteiger partial charge < -0.3 is 10.6 Å². The van der Waals surface area contributed by atoms with Gasteiger partial charge in [-0.05, 0) is 18.2 Å². The first kappa shape index (κ1) is 13.0. The van der Waals surface area contributed by atoms with Crippen molar-refractivity contribution in [1.29, 1.82) is 0 Å². The van der Waals surface area contributed by atoms with Crippen LogP contribution in [0.1, 0.15) is 0 Å². The molecule has 1 heterocycles. The van der Waals surface area contributed by atoms with Crippen LogP contribution in [0.2, 0.25) is 0 Å². The van der Waals surface area contributed by atoms with Crippen molar-refractivity contribution in [2.24, 2.45) is 5.73 Å². The SMILES string of the molecule is CN(CCN)c1nccc(-c2ccc(Br)cc2)n1. The maximum absolute atomic E-state index is 5.53. The molecule has 0 aliphatic carbocycles. The molecule has 0 saturated carbocycles. The Morgan fingerprint density at radius 3 is 2.61 bits per heavy atom. The summed E-state index contributed by atoms with van der Waals surface area (Å²) in [5, 5.41) is 0. The minimum Gasteiger partial charge on any atom is -0.343 e. The Balaban J connectivity index is 2.29. The molecule has 0 atom stereocenters. The van der Waals surface area contributed by atoms with Crippen LogP contribution in [0.5, 0.6) is 0 Å². The molecule has 1 aromatic heterocycles. The average molecular weight is 307 g/mol. The number of nitrogens with two attached hydrogens (primary N) is 1. The molecule has 4 nitrogen and oxygen atoms in total. The van der Waals surface area contributed by atoms with Gasteiger partial charge in [-0.25, -0.2) is 9.97 Å². The lowest BCUT2D eigenvalue weighted by atomic mass is 10.1. The second kappa shape index (κ2) is 5.93. The summed E-state index contributed by atoms with van der Waals surface area (Å²) in [6, 6.07) is 9.96. The Labute approximate surface area is 115 Å². The summed E-state index contributed by atoms with van der Waals surface area (Å²) < 4.78 is 1.06. The van der Waals surface area contributed by atoms with E-state index in [1.165, 1.54) is 0 Å². The van der Waals surface area contributed by atoms with Crippen LogP contribution in [0, 0.1) is 0 Å². The summed E-state index contributed by atoms with van der Waals surface area (Å²) in [6.45, 7) is 1.33. The van der Waals surface area contributed by atoms with Crippen molar-refractivity contribution >= 4 is 21.9 Å². The maximum atomic E-state index is 5.53. The first-order chi connectivity index (χ1) is 8.70. The Kier molecular flexibility index (Phi) is 4.28. The molecule has 5 heteroatoms. The van der Waals surface area contributed by atoms with Crippen molar-refractivity contribution < 1.29 is 0 Å². The fourth-order valence-electron chi connectivity index (χ4n) is 1.61. The second-order valence-electron chi connectivity index (χ2n) is 3.96. The van der Waals surface area contributed by atoms with Crippen molar-refractivity contribution in [2.45, 2.75) is 0 Å². The number of nitrogens with zero attached hydrogens (tertiary/aromatic N) is 3. The normalized spacial score (nSPS) is 10.4. The summed E-state index contributed by atoms with van der Waals surface area (Å²) in [7, 11) is 1.94. The third-order valence-electron chi connectivity index (χ3n) is 2.59. The molecular weight excluding hydrogens is 292 g/mol. The minimum absolute atomic E-state index is 0.586. The van der Waals surface area contributed by atoms with Crippen LogP contribution < -0.4 is 10.6 Å². The highest BCUT2D eigenvalue weighted by atomic mass is 79.9. The van der Waals surface area contributed by atoms with Gasteiger partial charge in [-0.1, -0.05) is 28.1 Å². The van der Waals surface area contributed by atoms with E-state index in [4.69, 9.17) is 5.73 Å². The van der Waals surface area contributed by atoms with Crippen molar-refractivity contribution in [3.8, 4) is 11.3 Å². The van der Waals surface area contributed by atoms with E-state index in [1.807, 2.05) is 42.3 Å². The highest BCUT2D eigenvalue weighted by Gasteiger charge is 2.05. The summed E-state index contributed by atoms with van der Waals surface area (Å²) >= 11 is 3.42. The summed E-state index contributed by atoms with van der Waals surface area (Å²) in [4.78, 5) is 10.7. The van der Waals surface area contributed by atoms with Gasteiger partial charge in [0.25, 0.3) is 0 Å². The monoisotopic (exact) mass is 306 g/mol. The first-order valence-electron chi connectivity index (χ1n) is 5.71. The molecule has 0 bridgehead atoms. The number of anilines is 1. The molecule has 2 rings (SSSR count). The fourth-order valence-corrected chi connectivity index (χ4v) is 1.87. The van der Waals surface area contributed by atoms with E-state index >= 15 is 0 Å². The van der Waals surface area contributed by atoms with Gasteiger partial charge in [-0.3, -0.25) is 0 Å². The maximum Gasteiger partial charge on any atom is 0.225 e. The van der Waals surface area contributed by atoms with Gasteiger partial charge in [-0.2, -0.15) is 0 Å². The fraction of sp³-hybridized carbons (Fsp3) is 0.231. The molecule has 0 fully saturated rings. The first-order valence-corrected chi connectivity index (χ1v) is 6.50. The lowest BCUT2D eigenvalue weighted by Gasteiger charge is -2.16. The van der Waals surface area contributed by atoms with Crippen molar-refractivity contribution in [3.05, 3.63) is 41.0 Å². The molecule has 0 unspecified atom stereocenters. The van der Waals surface area contributed by atoms with Gasteiger partial charge in [0.1, 0.15) is 0 Å². The van der Waals surface area contributed by atoms with Crippen molar-refractivity contribution in [2.75, 3.05) is 25.0 Å². The standard InChI is InChI=1S/C13H15BrN4/c1-18(9-7-15)13-16-8-6-12(17-13)10-2-4-11(14)5-3-10/h2-6,8H,7,9,15H2,1H3. The van der Waals surface area contributed by atoms with E-state index < -0.39 is 0 Å². The number of hydrogen-bond acceptors (Lipinski definition) is 4. The lowest BCUT2D eigenvalue weighted by Crippen LogP contribution is -2.26. The Hall–Kier alpha value is -1.46. The zero-order valence-corrected chi connectivity index (χ0v) is 11.8. The van der Waals surface area contributed by atoms with Gasteiger partial charge in [0, 0.05) is 36.4 Å². The van der Waals surface area contributed by atoms with Crippen LogP contribution in [-0.4, -0.2) is 30.1 Å². The van der Waals surface area contributed by atoms with E-state index in [-0.39, 0.29) is 0 Å². The Morgan fingerprint density at radius 2 is 1.94 bits per heavy atom. The van der Waals surface area contributed by atoms with E-state index in [2.05, 4.69) is 25.9 Å². The average Bonchev–Trinajstić information content (AvgIpc) is 2.40. The predicted molar refractivity (Wildman–Crippen MR) is 77.5 cm³/mol. The van der Waals surface area contributed by atoms with Gasteiger partial charge in [0.05, 0.1) is 5.69 Å². The van der Waals surface area contributed by atoms with Crippen LogP contribution in [0.3, 0.4) is 0 Å². The van der Waals surface area contributed by atoms with Crippen LogP contribution in [0.25, 0.3) is 11.3 Å². The second-order valence-corrected chi connectivity index (χ2v) is 4.87. The summed E-state index contributed by atoms with van der Waals surface area (Å²) in [5.41, 5.74) is 7.52. The van der Waals surface area contributed by atoms with Gasteiger partial charge in [-0.15, -0.1) is 0 Å². The molecule has 18 heavy (non-hydrogen) atoms. The lowest BCUT2D eigenvalue weighted by molar-refractivity contribution is 0.847. The molecule has 0 amide bonds. The zero-order chi connectivity index (χ0) is 13.0. The Bertz CT molecular complexity index is 513. The van der Waals surface area contributed by atoms with E-state index in [0.717, 1.165) is 22.3 Å². The molecule has 0 aliphatic heterocycles. The number of benzene rings is 1. The molecule has 1 aromatic carbocycles. The summed E-state index contributed by atoms with van der Waals surface area (Å²) in [6.07, 6.45) is 1.77. The van der Waals surface area contributed by atoms with Crippen molar-refractivity contribution in [1.82, 2.24) is 9.97 Å². The molecule has 2 aromatic rings. The topological polar surface area (TPSA) is 55.0 Å². The highest BCUT2D eigenvalue weighted by molar-refractivity contribution is 9.10. The molecule has 0 saturated heterocycles. The number of aromatic nitrogens is 2. The largest absolute Gasteiger partial charge is 0.343 e.